The lowest BCUT2D eigenvalue weighted by Gasteiger charge is -2.22. The Balaban J connectivity index is 3.30. The molecular formula is C17H28N4O4S. The molecule has 4 N–H and O–H groups in total. The molecule has 146 valence electrons. The molecule has 0 atom stereocenters. The Kier molecular flexibility index (Phi) is 8.70. The van der Waals surface area contributed by atoms with Gasteiger partial charge in [0.15, 0.2) is 0 Å². The van der Waals surface area contributed by atoms with Crippen molar-refractivity contribution in [3.63, 3.8) is 0 Å². The zero-order valence-electron chi connectivity index (χ0n) is 15.5. The Morgan fingerprint density at radius 3 is 2.12 bits per heavy atom. The molecule has 0 heterocycles. The van der Waals surface area contributed by atoms with Crippen molar-refractivity contribution in [3.05, 3.63) is 29.3 Å². The smallest absolute Gasteiger partial charge is 0.253 e. The topological polar surface area (TPSA) is 122 Å². The number of rotatable bonds is 11. The van der Waals surface area contributed by atoms with Crippen LogP contribution in [0.5, 0.6) is 0 Å². The Hall–Kier alpha value is -1.97. The largest absolute Gasteiger partial charge is 0.366 e. The van der Waals surface area contributed by atoms with Crippen LogP contribution in [0.15, 0.2) is 23.1 Å². The number of primary amides is 1. The first kappa shape index (κ1) is 22.1. The van der Waals surface area contributed by atoms with Crippen molar-refractivity contribution in [1.29, 1.82) is 0 Å². The third-order valence-electron chi connectivity index (χ3n) is 3.69. The highest BCUT2D eigenvalue weighted by atomic mass is 32.2. The van der Waals surface area contributed by atoms with Gasteiger partial charge in [0.1, 0.15) is 0 Å². The van der Waals surface area contributed by atoms with Crippen LogP contribution in [-0.2, 0) is 10.0 Å². The molecule has 0 aliphatic carbocycles. The SMILES string of the molecule is CCCN(CCC)C(=O)c1cc(C(N)=O)cc(S(=O)(=O)NCCNC)c1. The van der Waals surface area contributed by atoms with Crippen molar-refractivity contribution in [2.45, 2.75) is 31.6 Å². The number of nitrogens with zero attached hydrogens (tertiary/aromatic N) is 1. The van der Waals surface area contributed by atoms with Crippen LogP contribution < -0.4 is 15.8 Å². The molecule has 0 unspecified atom stereocenters. The van der Waals surface area contributed by atoms with E-state index >= 15 is 0 Å². The van der Waals surface area contributed by atoms with Gasteiger partial charge in [-0.2, -0.15) is 0 Å². The fourth-order valence-electron chi connectivity index (χ4n) is 2.45. The summed E-state index contributed by atoms with van der Waals surface area (Å²) in [5.41, 5.74) is 5.44. The van der Waals surface area contributed by atoms with E-state index in [-0.39, 0.29) is 28.5 Å². The Labute approximate surface area is 155 Å². The van der Waals surface area contributed by atoms with Crippen molar-refractivity contribution < 1.29 is 18.0 Å². The second-order valence-electron chi connectivity index (χ2n) is 5.90. The van der Waals surface area contributed by atoms with Gasteiger partial charge in [0.2, 0.25) is 15.9 Å². The van der Waals surface area contributed by atoms with Crippen molar-refractivity contribution >= 4 is 21.8 Å². The maximum Gasteiger partial charge on any atom is 0.253 e. The van der Waals surface area contributed by atoms with E-state index in [0.717, 1.165) is 12.8 Å². The number of hydrogen-bond donors (Lipinski definition) is 3. The van der Waals surface area contributed by atoms with E-state index in [0.29, 0.717) is 19.6 Å². The van der Waals surface area contributed by atoms with Gasteiger partial charge in [-0.1, -0.05) is 13.8 Å². The van der Waals surface area contributed by atoms with Crippen LogP contribution in [0.3, 0.4) is 0 Å². The first-order valence-corrected chi connectivity index (χ1v) is 10.1. The molecule has 2 amide bonds. The zero-order valence-corrected chi connectivity index (χ0v) is 16.4. The molecule has 0 saturated heterocycles. The quantitative estimate of drug-likeness (QED) is 0.481. The molecule has 9 heteroatoms. The third-order valence-corrected chi connectivity index (χ3v) is 5.13. The summed E-state index contributed by atoms with van der Waals surface area (Å²) in [7, 11) is -2.16. The monoisotopic (exact) mass is 384 g/mol. The number of likely N-dealkylation sites (N-methyl/N-ethyl adjacent to an activating group) is 1. The number of carbonyl (C=O) groups excluding carboxylic acids is 2. The number of nitrogens with one attached hydrogen (secondary N) is 2. The summed E-state index contributed by atoms with van der Waals surface area (Å²) >= 11 is 0. The molecular weight excluding hydrogens is 356 g/mol. The van der Waals surface area contributed by atoms with Crippen molar-refractivity contribution in [1.82, 2.24) is 14.9 Å². The fourth-order valence-corrected chi connectivity index (χ4v) is 3.55. The van der Waals surface area contributed by atoms with Crippen LogP contribution in [0.1, 0.15) is 47.4 Å². The van der Waals surface area contributed by atoms with Crippen LogP contribution >= 0.6 is 0 Å². The summed E-state index contributed by atoms with van der Waals surface area (Å²) in [4.78, 5) is 25.9. The summed E-state index contributed by atoms with van der Waals surface area (Å²) in [6.45, 7) is 5.64. The molecule has 0 fully saturated rings. The van der Waals surface area contributed by atoms with Gasteiger partial charge in [0.05, 0.1) is 4.90 Å². The molecule has 26 heavy (non-hydrogen) atoms. The molecule has 8 nitrogen and oxygen atoms in total. The van der Waals surface area contributed by atoms with E-state index in [4.69, 9.17) is 5.73 Å². The molecule has 0 radical (unpaired) electrons. The minimum atomic E-state index is -3.86. The average Bonchev–Trinajstić information content (AvgIpc) is 2.60. The van der Waals surface area contributed by atoms with E-state index in [1.165, 1.54) is 18.2 Å². The molecule has 0 aromatic heterocycles. The zero-order chi connectivity index (χ0) is 19.7. The molecule has 1 aromatic rings. The summed E-state index contributed by atoms with van der Waals surface area (Å²) in [6, 6.07) is 3.81. The Morgan fingerprint density at radius 1 is 1.04 bits per heavy atom. The predicted molar refractivity (Wildman–Crippen MR) is 101 cm³/mol. The third kappa shape index (κ3) is 6.08. The van der Waals surface area contributed by atoms with Crippen LogP contribution in [0.2, 0.25) is 0 Å². The van der Waals surface area contributed by atoms with Gasteiger partial charge >= 0.3 is 0 Å². The van der Waals surface area contributed by atoms with E-state index in [1.54, 1.807) is 11.9 Å². The number of nitrogens with two attached hydrogens (primary N) is 1. The second-order valence-corrected chi connectivity index (χ2v) is 7.67. The van der Waals surface area contributed by atoms with Gasteiger partial charge in [-0.3, -0.25) is 9.59 Å². The number of carbonyl (C=O) groups is 2. The van der Waals surface area contributed by atoms with E-state index in [9.17, 15) is 18.0 Å². The van der Waals surface area contributed by atoms with Crippen LogP contribution in [0.4, 0.5) is 0 Å². The number of sulfonamides is 1. The van der Waals surface area contributed by atoms with Gasteiger partial charge in [0.25, 0.3) is 5.91 Å². The van der Waals surface area contributed by atoms with Gasteiger partial charge in [-0.05, 0) is 38.1 Å². The predicted octanol–water partition coefficient (Wildman–Crippen LogP) is 0.545. The highest BCUT2D eigenvalue weighted by Crippen LogP contribution is 2.17. The lowest BCUT2D eigenvalue weighted by Crippen LogP contribution is -2.33. The van der Waals surface area contributed by atoms with E-state index in [2.05, 4.69) is 10.0 Å². The van der Waals surface area contributed by atoms with Crippen LogP contribution in [0.25, 0.3) is 0 Å². The van der Waals surface area contributed by atoms with Gasteiger partial charge < -0.3 is 16.0 Å². The minimum absolute atomic E-state index is 0.0159. The van der Waals surface area contributed by atoms with E-state index < -0.39 is 15.9 Å². The van der Waals surface area contributed by atoms with Crippen molar-refractivity contribution in [3.8, 4) is 0 Å². The highest BCUT2D eigenvalue weighted by Gasteiger charge is 2.21. The van der Waals surface area contributed by atoms with Crippen LogP contribution in [-0.4, -0.2) is 58.4 Å². The first-order valence-electron chi connectivity index (χ1n) is 8.65. The Morgan fingerprint density at radius 2 is 1.62 bits per heavy atom. The normalized spacial score (nSPS) is 11.3. The molecule has 1 rings (SSSR count). The van der Waals surface area contributed by atoms with Crippen molar-refractivity contribution in [2.24, 2.45) is 5.73 Å². The summed E-state index contributed by atoms with van der Waals surface area (Å²) < 4.78 is 27.3. The second kappa shape index (κ2) is 10.2. The Bertz CT molecular complexity index is 728. The number of hydrogen-bond acceptors (Lipinski definition) is 5. The average molecular weight is 385 g/mol. The number of benzene rings is 1. The molecule has 0 saturated carbocycles. The standard InChI is InChI=1S/C17H28N4O4S/c1-4-8-21(9-5-2)17(23)14-10-13(16(18)22)11-15(12-14)26(24,25)20-7-6-19-3/h10-12,19-20H,4-9H2,1-3H3,(H2,18,22). The van der Waals surface area contributed by atoms with Gasteiger partial charge in [-0.25, -0.2) is 13.1 Å². The lowest BCUT2D eigenvalue weighted by atomic mass is 10.1. The highest BCUT2D eigenvalue weighted by molar-refractivity contribution is 7.89. The minimum Gasteiger partial charge on any atom is -0.366 e. The summed E-state index contributed by atoms with van der Waals surface area (Å²) in [5, 5.41) is 2.83. The molecule has 0 spiro atoms. The molecule has 0 aliphatic rings. The van der Waals surface area contributed by atoms with Gasteiger partial charge in [-0.15, -0.1) is 0 Å². The number of amides is 2. The van der Waals surface area contributed by atoms with E-state index in [1.807, 2.05) is 13.8 Å². The summed E-state index contributed by atoms with van der Waals surface area (Å²) in [5.74, 6) is -1.10. The maximum absolute atomic E-state index is 12.8. The molecule has 0 bridgehead atoms. The summed E-state index contributed by atoms with van der Waals surface area (Å²) in [6.07, 6.45) is 1.55. The maximum atomic E-state index is 12.8. The van der Waals surface area contributed by atoms with Crippen LogP contribution in [0, 0.1) is 0 Å². The fraction of sp³-hybridized carbons (Fsp3) is 0.529. The van der Waals surface area contributed by atoms with Gasteiger partial charge in [0, 0.05) is 37.3 Å². The first-order chi connectivity index (χ1) is 12.3. The molecule has 0 aliphatic heterocycles. The molecule has 1 aromatic carbocycles. The van der Waals surface area contributed by atoms with Crippen molar-refractivity contribution in [2.75, 3.05) is 33.2 Å². The lowest BCUT2D eigenvalue weighted by molar-refractivity contribution is 0.0755.